The van der Waals surface area contributed by atoms with Crippen LogP contribution >= 0.6 is 11.3 Å². The summed E-state index contributed by atoms with van der Waals surface area (Å²) in [6.45, 7) is 0.893. The minimum atomic E-state index is -0.960. The Morgan fingerprint density at radius 2 is 2.20 bits per heavy atom. The molecular weight excluding hydrogens is 282 g/mol. The predicted octanol–water partition coefficient (Wildman–Crippen LogP) is 3.25. The summed E-state index contributed by atoms with van der Waals surface area (Å²) in [5.74, 6) is -1.95. The number of rotatable bonds is 6. The van der Waals surface area contributed by atoms with E-state index in [1.165, 1.54) is 25.0 Å². The number of hydrogen-bond donors (Lipinski definition) is 1. The van der Waals surface area contributed by atoms with Crippen LogP contribution in [-0.2, 0) is 13.2 Å². The minimum Gasteiger partial charge on any atom is -0.484 e. The van der Waals surface area contributed by atoms with Crippen LogP contribution in [0.3, 0.4) is 0 Å². The molecule has 106 valence electrons. The van der Waals surface area contributed by atoms with E-state index in [1.54, 1.807) is 11.3 Å². The highest BCUT2D eigenvalue weighted by atomic mass is 32.1. The summed E-state index contributed by atoms with van der Waals surface area (Å²) in [5.41, 5.74) is 0.728. The van der Waals surface area contributed by atoms with Crippen molar-refractivity contribution >= 4 is 11.3 Å². The summed E-state index contributed by atoms with van der Waals surface area (Å²) in [7, 11) is 0. The van der Waals surface area contributed by atoms with Gasteiger partial charge in [-0.25, -0.2) is 9.37 Å². The van der Waals surface area contributed by atoms with E-state index in [0.29, 0.717) is 6.04 Å². The molecule has 1 aromatic carbocycles. The Morgan fingerprint density at radius 3 is 3.00 bits per heavy atom. The molecule has 1 saturated carbocycles. The summed E-state index contributed by atoms with van der Waals surface area (Å²) in [4.78, 5) is 4.39. The molecule has 3 nitrogen and oxygen atoms in total. The lowest BCUT2D eigenvalue weighted by Gasteiger charge is -2.05. The van der Waals surface area contributed by atoms with E-state index in [9.17, 15) is 8.78 Å². The fourth-order valence-corrected chi connectivity index (χ4v) is 2.49. The molecule has 6 heteroatoms. The van der Waals surface area contributed by atoms with E-state index in [2.05, 4.69) is 10.3 Å². The van der Waals surface area contributed by atoms with Crippen LogP contribution in [-0.4, -0.2) is 11.0 Å². The summed E-state index contributed by atoms with van der Waals surface area (Å²) >= 11 is 1.54. The molecule has 1 aliphatic carbocycles. The molecule has 3 rings (SSSR count). The average Bonchev–Trinajstić information content (AvgIpc) is 3.17. The molecule has 0 bridgehead atoms. The van der Waals surface area contributed by atoms with Gasteiger partial charge < -0.3 is 10.1 Å². The van der Waals surface area contributed by atoms with Crippen molar-refractivity contribution in [3.05, 3.63) is 45.9 Å². The zero-order valence-electron chi connectivity index (χ0n) is 10.7. The highest BCUT2D eigenvalue weighted by molar-refractivity contribution is 7.09. The third-order valence-electron chi connectivity index (χ3n) is 3.01. The number of hydrogen-bond acceptors (Lipinski definition) is 4. The largest absolute Gasteiger partial charge is 0.484 e. The standard InChI is InChI=1S/C14H14F2N2OS/c15-11-2-1-3-12(14(11)16)19-7-10-8-20-13(18-10)6-17-9-4-5-9/h1-3,8-9,17H,4-7H2. The average molecular weight is 296 g/mol. The number of aromatic nitrogens is 1. The molecule has 1 aromatic heterocycles. The van der Waals surface area contributed by atoms with Gasteiger partial charge in [0.1, 0.15) is 11.6 Å². The van der Waals surface area contributed by atoms with Gasteiger partial charge in [0.2, 0.25) is 5.82 Å². The molecule has 0 aliphatic heterocycles. The minimum absolute atomic E-state index is 0.0874. The van der Waals surface area contributed by atoms with E-state index >= 15 is 0 Å². The molecule has 0 unspecified atom stereocenters. The quantitative estimate of drug-likeness (QED) is 0.888. The summed E-state index contributed by atoms with van der Waals surface area (Å²) < 4.78 is 31.7. The molecule has 1 fully saturated rings. The van der Waals surface area contributed by atoms with Crippen LogP contribution in [0.1, 0.15) is 23.5 Å². The first-order valence-corrected chi connectivity index (χ1v) is 7.34. The van der Waals surface area contributed by atoms with Crippen LogP contribution in [0, 0.1) is 11.6 Å². The van der Waals surface area contributed by atoms with E-state index < -0.39 is 11.6 Å². The topological polar surface area (TPSA) is 34.1 Å². The maximum atomic E-state index is 13.4. The first kappa shape index (κ1) is 13.5. The number of nitrogens with zero attached hydrogens (tertiary/aromatic N) is 1. The number of nitrogens with one attached hydrogen (secondary N) is 1. The second-order valence-corrected chi connectivity index (χ2v) is 5.67. The van der Waals surface area contributed by atoms with Gasteiger partial charge in [0.05, 0.1) is 5.69 Å². The zero-order valence-corrected chi connectivity index (χ0v) is 11.6. The van der Waals surface area contributed by atoms with Gasteiger partial charge in [-0.15, -0.1) is 11.3 Å². The number of benzene rings is 1. The van der Waals surface area contributed by atoms with Crippen LogP contribution in [0.25, 0.3) is 0 Å². The van der Waals surface area contributed by atoms with Crippen LogP contribution in [0.4, 0.5) is 8.78 Å². The van der Waals surface area contributed by atoms with Gasteiger partial charge in [0.15, 0.2) is 11.6 Å². The van der Waals surface area contributed by atoms with Gasteiger partial charge in [-0.05, 0) is 25.0 Å². The Balaban J connectivity index is 1.56. The highest BCUT2D eigenvalue weighted by Crippen LogP contribution is 2.22. The van der Waals surface area contributed by atoms with Crippen molar-refractivity contribution < 1.29 is 13.5 Å². The van der Waals surface area contributed by atoms with Crippen molar-refractivity contribution in [3.63, 3.8) is 0 Å². The van der Waals surface area contributed by atoms with Gasteiger partial charge in [0.25, 0.3) is 0 Å². The van der Waals surface area contributed by atoms with Crippen LogP contribution < -0.4 is 10.1 Å². The molecule has 20 heavy (non-hydrogen) atoms. The molecular formula is C14H14F2N2OS. The number of thiazole rings is 1. The van der Waals surface area contributed by atoms with E-state index in [-0.39, 0.29) is 12.4 Å². The molecule has 0 atom stereocenters. The fourth-order valence-electron chi connectivity index (χ4n) is 1.76. The second-order valence-electron chi connectivity index (χ2n) is 4.73. The Labute approximate surface area is 119 Å². The van der Waals surface area contributed by atoms with Crippen molar-refractivity contribution in [2.45, 2.75) is 32.0 Å². The third-order valence-corrected chi connectivity index (χ3v) is 3.91. The van der Waals surface area contributed by atoms with E-state index in [1.807, 2.05) is 5.38 Å². The van der Waals surface area contributed by atoms with Gasteiger partial charge >= 0.3 is 0 Å². The maximum absolute atomic E-state index is 13.4. The van der Waals surface area contributed by atoms with Gasteiger partial charge in [-0.3, -0.25) is 0 Å². The Kier molecular flexibility index (Phi) is 3.93. The van der Waals surface area contributed by atoms with Crippen molar-refractivity contribution in [2.24, 2.45) is 0 Å². The molecule has 1 aliphatic rings. The highest BCUT2D eigenvalue weighted by Gasteiger charge is 2.20. The molecule has 0 radical (unpaired) electrons. The van der Waals surface area contributed by atoms with Gasteiger partial charge in [0, 0.05) is 18.0 Å². The number of ether oxygens (including phenoxy) is 1. The Hall–Kier alpha value is -1.53. The van der Waals surface area contributed by atoms with Crippen molar-refractivity contribution in [1.82, 2.24) is 10.3 Å². The van der Waals surface area contributed by atoms with Crippen LogP contribution in [0.15, 0.2) is 23.6 Å². The molecule has 0 amide bonds. The summed E-state index contributed by atoms with van der Waals surface area (Å²) in [6.07, 6.45) is 2.47. The van der Waals surface area contributed by atoms with E-state index in [4.69, 9.17) is 4.74 Å². The van der Waals surface area contributed by atoms with Gasteiger partial charge in [-0.2, -0.15) is 4.39 Å². The number of halogens is 2. The SMILES string of the molecule is Fc1cccc(OCc2csc(CNC3CC3)n2)c1F. The Morgan fingerprint density at radius 1 is 1.35 bits per heavy atom. The maximum Gasteiger partial charge on any atom is 0.200 e. The van der Waals surface area contributed by atoms with E-state index in [0.717, 1.165) is 23.3 Å². The molecule has 2 aromatic rings. The first-order chi connectivity index (χ1) is 9.72. The van der Waals surface area contributed by atoms with Crippen molar-refractivity contribution in [2.75, 3.05) is 0 Å². The smallest absolute Gasteiger partial charge is 0.200 e. The zero-order chi connectivity index (χ0) is 13.9. The molecule has 1 N–H and O–H groups in total. The lowest BCUT2D eigenvalue weighted by molar-refractivity contribution is 0.281. The normalized spacial score (nSPS) is 14.5. The first-order valence-electron chi connectivity index (χ1n) is 6.46. The lowest BCUT2D eigenvalue weighted by Crippen LogP contribution is -2.15. The summed E-state index contributed by atoms with van der Waals surface area (Å²) in [6, 6.07) is 4.52. The van der Waals surface area contributed by atoms with Crippen LogP contribution in [0.2, 0.25) is 0 Å². The van der Waals surface area contributed by atoms with Gasteiger partial charge in [-0.1, -0.05) is 6.07 Å². The second kappa shape index (κ2) is 5.85. The molecule has 1 heterocycles. The monoisotopic (exact) mass is 296 g/mol. The van der Waals surface area contributed by atoms with Crippen molar-refractivity contribution in [1.29, 1.82) is 0 Å². The lowest BCUT2D eigenvalue weighted by atomic mass is 10.3. The van der Waals surface area contributed by atoms with Crippen molar-refractivity contribution in [3.8, 4) is 5.75 Å². The predicted molar refractivity (Wildman–Crippen MR) is 72.7 cm³/mol. The fraction of sp³-hybridized carbons (Fsp3) is 0.357. The molecule has 0 saturated heterocycles. The molecule has 0 spiro atoms. The summed E-state index contributed by atoms with van der Waals surface area (Å²) in [5, 5.41) is 6.23. The Bertz CT molecular complexity index is 599. The van der Waals surface area contributed by atoms with Crippen LogP contribution in [0.5, 0.6) is 5.75 Å². The third kappa shape index (κ3) is 3.32.